The summed E-state index contributed by atoms with van der Waals surface area (Å²) in [5.41, 5.74) is 3.39. The van der Waals surface area contributed by atoms with Crippen molar-refractivity contribution >= 4 is 33.5 Å². The van der Waals surface area contributed by atoms with Crippen molar-refractivity contribution in [2.45, 2.75) is 51.9 Å². The predicted molar refractivity (Wildman–Crippen MR) is 139 cm³/mol. The van der Waals surface area contributed by atoms with E-state index in [9.17, 15) is 9.59 Å². The Labute approximate surface area is 211 Å². The van der Waals surface area contributed by atoms with E-state index in [-0.39, 0.29) is 11.9 Å². The highest BCUT2D eigenvalue weighted by Gasteiger charge is 2.29. The van der Waals surface area contributed by atoms with Gasteiger partial charge in [0.2, 0.25) is 0 Å². The number of carbonyl (C=O) groups is 2. The lowest BCUT2D eigenvalue weighted by Crippen LogP contribution is -2.30. The molecule has 0 spiro atoms. The molecule has 2 fully saturated rings. The molecule has 1 aliphatic carbocycles. The highest BCUT2D eigenvalue weighted by atomic mass is 79.9. The molecule has 182 valence electrons. The minimum Gasteiger partial charge on any atom is -0.462 e. The van der Waals surface area contributed by atoms with Crippen LogP contribution in [0.15, 0.2) is 46.9 Å². The average molecular weight is 528 g/mol. The maximum absolute atomic E-state index is 13.2. The van der Waals surface area contributed by atoms with Crippen LogP contribution in [0.2, 0.25) is 0 Å². The van der Waals surface area contributed by atoms with Crippen LogP contribution in [0.1, 0.15) is 71.7 Å². The largest absolute Gasteiger partial charge is 0.462 e. The molecule has 0 radical (unpaired) electrons. The van der Waals surface area contributed by atoms with Crippen molar-refractivity contribution in [3.8, 4) is 0 Å². The third-order valence-electron chi connectivity index (χ3n) is 7.31. The molecule has 1 saturated carbocycles. The van der Waals surface area contributed by atoms with Gasteiger partial charge in [-0.25, -0.2) is 4.79 Å². The second kappa shape index (κ2) is 11.9. The van der Waals surface area contributed by atoms with E-state index >= 15 is 0 Å². The number of carbonyl (C=O) groups excluding carboxylic acids is 2. The summed E-state index contributed by atoms with van der Waals surface area (Å²) < 4.78 is 5.95. The van der Waals surface area contributed by atoms with Crippen LogP contribution in [-0.4, -0.2) is 38.1 Å². The van der Waals surface area contributed by atoms with Gasteiger partial charge in [0.05, 0.1) is 17.7 Å². The van der Waals surface area contributed by atoms with Crippen LogP contribution < -0.4 is 10.2 Å². The predicted octanol–water partition coefficient (Wildman–Crippen LogP) is 6.00. The van der Waals surface area contributed by atoms with Crippen molar-refractivity contribution in [3.63, 3.8) is 0 Å². The summed E-state index contributed by atoms with van der Waals surface area (Å²) in [5, 5.41) is 3.10. The van der Waals surface area contributed by atoms with E-state index in [4.69, 9.17) is 4.74 Å². The van der Waals surface area contributed by atoms with Crippen molar-refractivity contribution in [2.24, 2.45) is 11.8 Å². The highest BCUT2D eigenvalue weighted by molar-refractivity contribution is 9.10. The molecule has 2 aromatic rings. The standard InChI is InChI=1S/C28H35BrN2O3/c1-2-34-28(33)23-9-7-20(8-10-23)13-16-30-27(32)25-19-24(29)11-12-26(25)31-17-14-21-5-3-4-6-22(21)15-18-31/h7-12,19,21-22H,2-6,13-18H2,1H3,(H,30,32). The van der Waals surface area contributed by atoms with Crippen LogP contribution in [0.3, 0.4) is 0 Å². The fraction of sp³-hybridized carbons (Fsp3) is 0.500. The quantitative estimate of drug-likeness (QED) is 0.449. The first-order valence-electron chi connectivity index (χ1n) is 12.6. The molecular weight excluding hydrogens is 492 g/mol. The van der Waals surface area contributed by atoms with E-state index in [0.29, 0.717) is 25.1 Å². The number of hydrogen-bond donors (Lipinski definition) is 1. The zero-order valence-corrected chi connectivity index (χ0v) is 21.6. The van der Waals surface area contributed by atoms with E-state index in [1.807, 2.05) is 24.3 Å². The number of amides is 1. The van der Waals surface area contributed by atoms with Crippen molar-refractivity contribution in [1.29, 1.82) is 0 Å². The van der Waals surface area contributed by atoms with Crippen LogP contribution in [0, 0.1) is 11.8 Å². The molecule has 4 rings (SSSR count). The first-order chi connectivity index (χ1) is 16.5. The smallest absolute Gasteiger partial charge is 0.338 e. The van der Waals surface area contributed by atoms with E-state index in [0.717, 1.165) is 46.2 Å². The molecule has 0 aromatic heterocycles. The van der Waals surface area contributed by atoms with Crippen LogP contribution in [0.4, 0.5) is 5.69 Å². The van der Waals surface area contributed by atoms with Crippen molar-refractivity contribution in [2.75, 3.05) is 31.1 Å². The Balaban J connectivity index is 1.37. The van der Waals surface area contributed by atoms with E-state index in [1.54, 1.807) is 19.1 Å². The number of esters is 1. The summed E-state index contributed by atoms with van der Waals surface area (Å²) in [6.45, 7) is 4.74. The first kappa shape index (κ1) is 24.8. The lowest BCUT2D eigenvalue weighted by molar-refractivity contribution is 0.0526. The number of anilines is 1. The number of nitrogens with one attached hydrogen (secondary N) is 1. The Bertz CT molecular complexity index is 976. The summed E-state index contributed by atoms with van der Waals surface area (Å²) in [6, 6.07) is 13.4. The molecule has 1 amide bonds. The molecule has 1 heterocycles. The third-order valence-corrected chi connectivity index (χ3v) is 7.81. The van der Waals surface area contributed by atoms with Crippen molar-refractivity contribution in [1.82, 2.24) is 5.32 Å². The summed E-state index contributed by atoms with van der Waals surface area (Å²) >= 11 is 3.55. The SMILES string of the molecule is CCOC(=O)c1ccc(CCNC(=O)c2cc(Br)ccc2N2CCC3CCCCC3CC2)cc1. The highest BCUT2D eigenvalue weighted by Crippen LogP contribution is 2.38. The number of hydrogen-bond acceptors (Lipinski definition) is 4. The zero-order chi connectivity index (χ0) is 23.9. The zero-order valence-electron chi connectivity index (χ0n) is 20.0. The second-order valence-electron chi connectivity index (χ2n) is 9.45. The molecule has 1 aliphatic heterocycles. The first-order valence-corrected chi connectivity index (χ1v) is 13.4. The second-order valence-corrected chi connectivity index (χ2v) is 10.4. The minimum absolute atomic E-state index is 0.0406. The molecule has 2 unspecified atom stereocenters. The number of ether oxygens (including phenoxy) is 1. The summed E-state index contributed by atoms with van der Waals surface area (Å²) in [5.74, 6) is 1.35. The van der Waals surface area contributed by atoms with Gasteiger partial charge in [-0.15, -0.1) is 0 Å². The van der Waals surface area contributed by atoms with Gasteiger partial charge in [-0.2, -0.15) is 0 Å². The van der Waals surface area contributed by atoms with E-state index in [1.165, 1.54) is 38.5 Å². The molecule has 34 heavy (non-hydrogen) atoms. The van der Waals surface area contributed by atoms with Crippen LogP contribution in [-0.2, 0) is 11.2 Å². The molecule has 1 saturated heterocycles. The maximum atomic E-state index is 13.2. The Morgan fingerprint density at radius 1 is 1.00 bits per heavy atom. The Morgan fingerprint density at radius 2 is 1.68 bits per heavy atom. The molecule has 5 nitrogen and oxygen atoms in total. The lowest BCUT2D eigenvalue weighted by Gasteiger charge is -2.29. The average Bonchev–Trinajstić information content (AvgIpc) is 3.07. The van der Waals surface area contributed by atoms with Gasteiger partial charge in [0, 0.05) is 29.8 Å². The van der Waals surface area contributed by atoms with Crippen LogP contribution in [0.25, 0.3) is 0 Å². The molecule has 2 aromatic carbocycles. The molecular formula is C28H35BrN2O3. The van der Waals surface area contributed by atoms with Crippen molar-refractivity contribution in [3.05, 3.63) is 63.6 Å². The summed E-state index contributed by atoms with van der Waals surface area (Å²) in [7, 11) is 0. The minimum atomic E-state index is -0.308. The monoisotopic (exact) mass is 526 g/mol. The molecule has 6 heteroatoms. The topological polar surface area (TPSA) is 58.6 Å². The number of rotatable bonds is 7. The molecule has 2 atom stereocenters. The normalized spacial score (nSPS) is 20.2. The molecule has 1 N–H and O–H groups in total. The van der Waals surface area contributed by atoms with Gasteiger partial charge in [-0.1, -0.05) is 53.7 Å². The van der Waals surface area contributed by atoms with Gasteiger partial charge < -0.3 is 15.0 Å². The van der Waals surface area contributed by atoms with E-state index < -0.39 is 0 Å². The van der Waals surface area contributed by atoms with Crippen molar-refractivity contribution < 1.29 is 14.3 Å². The molecule has 0 bridgehead atoms. The number of fused-ring (bicyclic) bond motifs is 1. The van der Waals surface area contributed by atoms with Gasteiger partial charge in [-0.3, -0.25) is 4.79 Å². The van der Waals surface area contributed by atoms with Crippen LogP contribution in [0.5, 0.6) is 0 Å². The van der Waals surface area contributed by atoms with Crippen LogP contribution >= 0.6 is 15.9 Å². The third kappa shape index (κ3) is 6.21. The Kier molecular flexibility index (Phi) is 8.65. The lowest BCUT2D eigenvalue weighted by atomic mass is 9.77. The Hall–Kier alpha value is -2.34. The van der Waals surface area contributed by atoms with Gasteiger partial charge >= 0.3 is 5.97 Å². The van der Waals surface area contributed by atoms with Gasteiger partial charge in [0.15, 0.2) is 0 Å². The maximum Gasteiger partial charge on any atom is 0.338 e. The number of benzene rings is 2. The summed E-state index contributed by atoms with van der Waals surface area (Å²) in [6.07, 6.45) is 8.63. The fourth-order valence-corrected chi connectivity index (χ4v) is 5.81. The van der Waals surface area contributed by atoms with E-state index in [2.05, 4.69) is 32.2 Å². The Morgan fingerprint density at radius 3 is 2.32 bits per heavy atom. The van der Waals surface area contributed by atoms with Gasteiger partial charge in [0.25, 0.3) is 5.91 Å². The fourth-order valence-electron chi connectivity index (χ4n) is 5.44. The molecule has 2 aliphatic rings. The summed E-state index contributed by atoms with van der Waals surface area (Å²) in [4.78, 5) is 27.4. The number of nitrogens with zero attached hydrogens (tertiary/aromatic N) is 1. The van der Waals surface area contributed by atoms with Gasteiger partial charge in [-0.05, 0) is 73.9 Å². The number of halogens is 1. The van der Waals surface area contributed by atoms with Gasteiger partial charge in [0.1, 0.15) is 0 Å².